The minimum absolute atomic E-state index is 0.00398. The predicted molar refractivity (Wildman–Crippen MR) is 265 cm³/mol. The summed E-state index contributed by atoms with van der Waals surface area (Å²) in [6.07, 6.45) is -2.67. The number of ether oxygens (including phenoxy) is 2. The Kier molecular flexibility index (Phi) is 17.6. The number of nitriles is 1. The Bertz CT molecular complexity index is 2560. The van der Waals surface area contributed by atoms with Gasteiger partial charge >= 0.3 is 6.18 Å². The molecule has 6 rings (SSSR count). The second-order valence-electron chi connectivity index (χ2n) is 19.0. The quantitative estimate of drug-likeness (QED) is 0.0547. The highest BCUT2D eigenvalue weighted by molar-refractivity contribution is 7.81. The first kappa shape index (κ1) is 53.6. The third kappa shape index (κ3) is 12.9. The molecule has 0 radical (unpaired) electrons. The summed E-state index contributed by atoms with van der Waals surface area (Å²) in [5, 5.41) is 25.8. The maximum absolute atomic E-state index is 14.0. The van der Waals surface area contributed by atoms with Gasteiger partial charge in [-0.15, -0.1) is 11.3 Å². The molecule has 2 saturated heterocycles. The van der Waals surface area contributed by atoms with E-state index in [4.69, 9.17) is 21.7 Å². The van der Waals surface area contributed by atoms with E-state index in [0.717, 1.165) is 51.6 Å². The zero-order chi connectivity index (χ0) is 51.0. The van der Waals surface area contributed by atoms with Gasteiger partial charge < -0.3 is 35.0 Å². The number of alkyl halides is 3. The van der Waals surface area contributed by atoms with Gasteiger partial charge in [-0.2, -0.15) is 18.4 Å². The smallest absolute Gasteiger partial charge is 0.417 e. The van der Waals surface area contributed by atoms with Gasteiger partial charge in [-0.3, -0.25) is 24.1 Å². The van der Waals surface area contributed by atoms with Crippen LogP contribution in [0.2, 0.25) is 0 Å². The van der Waals surface area contributed by atoms with Crippen molar-refractivity contribution in [2.24, 2.45) is 5.41 Å². The topological polar surface area (TPSA) is 177 Å². The van der Waals surface area contributed by atoms with Crippen LogP contribution in [-0.4, -0.2) is 107 Å². The second kappa shape index (κ2) is 23.0. The van der Waals surface area contributed by atoms with Crippen molar-refractivity contribution in [3.63, 3.8) is 0 Å². The van der Waals surface area contributed by atoms with Crippen molar-refractivity contribution in [2.75, 3.05) is 49.3 Å². The van der Waals surface area contributed by atoms with Gasteiger partial charge in [0.25, 0.3) is 5.91 Å². The van der Waals surface area contributed by atoms with E-state index in [1.165, 1.54) is 11.0 Å². The number of halogens is 3. The van der Waals surface area contributed by atoms with E-state index in [1.54, 1.807) is 60.4 Å². The molecule has 0 saturated carbocycles. The molecule has 0 unspecified atom stereocenters. The Hall–Kier alpha value is -5.78. The predicted octanol–water partition coefficient (Wildman–Crippen LogP) is 7.78. The highest BCUT2D eigenvalue weighted by atomic mass is 32.1. The number of aromatic nitrogens is 1. The lowest BCUT2D eigenvalue weighted by Gasteiger charge is -2.35. The summed E-state index contributed by atoms with van der Waals surface area (Å²) in [5.41, 5.74) is 1.71. The van der Waals surface area contributed by atoms with Gasteiger partial charge in [-0.1, -0.05) is 45.0 Å². The fraction of sp³-hybridized carbons (Fsp3) is 0.471. The van der Waals surface area contributed by atoms with Crippen LogP contribution in [0.4, 0.5) is 24.5 Å². The first-order chi connectivity index (χ1) is 33.1. The van der Waals surface area contributed by atoms with E-state index in [-0.39, 0.29) is 48.4 Å². The van der Waals surface area contributed by atoms with Crippen molar-refractivity contribution in [3.8, 4) is 22.3 Å². The first-order valence-corrected chi connectivity index (χ1v) is 24.5. The summed E-state index contributed by atoms with van der Waals surface area (Å²) < 4.78 is 52.8. The summed E-state index contributed by atoms with van der Waals surface area (Å²) in [6.45, 7) is 12.7. The molecule has 14 nitrogen and oxygen atoms in total. The molecule has 2 fully saturated rings. The largest absolute Gasteiger partial charge is 0.494 e. The molecular formula is C51H60F3N7O7S2. The van der Waals surface area contributed by atoms with Gasteiger partial charge in [0.05, 0.1) is 64.3 Å². The van der Waals surface area contributed by atoms with Gasteiger partial charge in [0.1, 0.15) is 17.3 Å². The maximum Gasteiger partial charge on any atom is 0.417 e. The third-order valence-corrected chi connectivity index (χ3v) is 13.6. The van der Waals surface area contributed by atoms with E-state index in [2.05, 4.69) is 15.6 Å². The summed E-state index contributed by atoms with van der Waals surface area (Å²) in [6, 6.07) is 17.8. The number of unbranched alkanes of at least 4 members (excludes halogenated alkanes) is 1. The molecule has 2 aliphatic rings. The number of likely N-dealkylation sites (tertiary alicyclic amines) is 1. The Labute approximate surface area is 416 Å². The number of aliphatic hydroxyl groups is 1. The van der Waals surface area contributed by atoms with Crippen molar-refractivity contribution in [1.82, 2.24) is 20.5 Å². The van der Waals surface area contributed by atoms with Gasteiger partial charge in [-0.25, -0.2) is 4.98 Å². The fourth-order valence-corrected chi connectivity index (χ4v) is 9.82. The summed E-state index contributed by atoms with van der Waals surface area (Å²) in [5.74, 6) is -0.827. The number of anilines is 2. The normalized spacial score (nSPS) is 17.5. The van der Waals surface area contributed by atoms with E-state index in [1.807, 2.05) is 57.5 Å². The molecule has 3 amide bonds. The van der Waals surface area contributed by atoms with Crippen LogP contribution in [0.1, 0.15) is 89.1 Å². The molecule has 3 aromatic carbocycles. The lowest BCUT2D eigenvalue weighted by molar-refractivity contribution is -0.143. The first-order valence-electron chi connectivity index (χ1n) is 23.2. The number of carbonyl (C=O) groups is 4. The monoisotopic (exact) mass is 1000 g/mol. The van der Waals surface area contributed by atoms with Crippen molar-refractivity contribution in [1.29, 1.82) is 5.26 Å². The number of nitrogens with one attached hydrogen (secondary N) is 2. The molecule has 3 atom stereocenters. The molecule has 3 N–H and O–H groups in total. The van der Waals surface area contributed by atoms with Crippen LogP contribution in [0.15, 0.2) is 72.2 Å². The number of thiocarbonyl (C=S) groups is 1. The molecule has 374 valence electrons. The molecule has 19 heteroatoms. The molecule has 2 aliphatic heterocycles. The molecule has 0 aliphatic carbocycles. The molecule has 4 aromatic rings. The maximum atomic E-state index is 14.0. The van der Waals surface area contributed by atoms with Gasteiger partial charge in [0, 0.05) is 44.7 Å². The van der Waals surface area contributed by atoms with E-state index < -0.39 is 58.3 Å². The minimum Gasteiger partial charge on any atom is -0.494 e. The summed E-state index contributed by atoms with van der Waals surface area (Å²) >= 11 is 7.20. The fourth-order valence-electron chi connectivity index (χ4n) is 8.49. The number of benzene rings is 3. The number of β-amino-alcohol motifs (C(OH)–C–C–N with tert-alkyl or cyclic N) is 1. The lowest BCUT2D eigenvalue weighted by Crippen LogP contribution is -2.57. The van der Waals surface area contributed by atoms with Crippen molar-refractivity contribution >= 4 is 63.5 Å². The van der Waals surface area contributed by atoms with Crippen molar-refractivity contribution < 1.29 is 46.9 Å². The van der Waals surface area contributed by atoms with Crippen LogP contribution in [0, 0.1) is 23.7 Å². The zero-order valence-electron chi connectivity index (χ0n) is 40.2. The SMILES string of the molecule is Cc1ncsc1-c1ccc(CCC(=O)[C@@H]2C[C@@H](O)CN2C(=O)[C@@H](NC(=O)CNCCCCOCCCOc2ccc(N3C(=S)N(c4ccc(C#N)c(C(F)(F)F)c4)C(=O)C3(C)C)cc2)C(C)(C)C)cc1. The van der Waals surface area contributed by atoms with Crippen LogP contribution >= 0.6 is 23.6 Å². The lowest BCUT2D eigenvalue weighted by atomic mass is 9.85. The molecule has 3 heterocycles. The van der Waals surface area contributed by atoms with Crippen LogP contribution < -0.4 is 25.2 Å². The minimum atomic E-state index is -4.80. The van der Waals surface area contributed by atoms with Crippen molar-refractivity contribution in [2.45, 2.75) is 110 Å². The molecule has 0 bridgehead atoms. The standard InChI is InChI=1S/C51H60F3N7O7S2/c1-32-44(70-31-57-32)34-13-10-33(11-14-34)12-21-42(63)41-27-38(62)30-59(41)46(65)45(49(2,3)4)58-43(64)29-56-22-7-8-23-67-24-9-25-68-39-19-17-36(18-20-39)61-48(69)60(47(66)50(61,5)6)37-16-15-35(28-55)40(26-37)51(52,53)54/h10-11,13-20,26,31,38,41,45,56,62H,7-9,12,21-25,27,29-30H2,1-6H3,(H,58,64)/t38-,41+,45-/m1/s1. The summed E-state index contributed by atoms with van der Waals surface area (Å²) in [7, 11) is 0. The van der Waals surface area contributed by atoms with E-state index in [9.17, 15) is 42.7 Å². The van der Waals surface area contributed by atoms with Gasteiger partial charge in [0.15, 0.2) is 10.9 Å². The Balaban J connectivity index is 0.867. The van der Waals surface area contributed by atoms with Gasteiger partial charge in [0.2, 0.25) is 11.8 Å². The highest BCUT2D eigenvalue weighted by Gasteiger charge is 2.51. The van der Waals surface area contributed by atoms with E-state index >= 15 is 0 Å². The number of ketones is 1. The third-order valence-electron chi connectivity index (χ3n) is 12.3. The summed E-state index contributed by atoms with van der Waals surface area (Å²) in [4.78, 5) is 63.6. The molecule has 1 aromatic heterocycles. The number of nitrogens with zero attached hydrogens (tertiary/aromatic N) is 5. The van der Waals surface area contributed by atoms with Crippen molar-refractivity contribution in [3.05, 3.63) is 94.6 Å². The number of amides is 3. The zero-order valence-corrected chi connectivity index (χ0v) is 41.9. The number of thiazole rings is 1. The number of hydrogen-bond donors (Lipinski definition) is 3. The molecule has 70 heavy (non-hydrogen) atoms. The average Bonchev–Trinajstić information content (AvgIpc) is 3.98. The molecular weight excluding hydrogens is 944 g/mol. The number of aliphatic hydroxyl groups excluding tert-OH is 1. The molecule has 0 spiro atoms. The van der Waals surface area contributed by atoms with Gasteiger partial charge in [-0.05, 0) is 118 Å². The number of carbonyl (C=O) groups excluding carboxylic acids is 4. The number of Topliss-reactive ketones (excluding diaryl/α,β-unsaturated/α-hetero) is 1. The Morgan fingerprint density at radius 2 is 1.69 bits per heavy atom. The number of rotatable bonds is 21. The second-order valence-corrected chi connectivity index (χ2v) is 20.3. The van der Waals surface area contributed by atoms with Crippen LogP contribution in [0.5, 0.6) is 5.75 Å². The van der Waals surface area contributed by atoms with Crippen LogP contribution in [0.3, 0.4) is 0 Å². The highest BCUT2D eigenvalue weighted by Crippen LogP contribution is 2.40. The van der Waals surface area contributed by atoms with Crippen LogP contribution in [-0.2, 0) is 36.5 Å². The van der Waals surface area contributed by atoms with E-state index in [0.29, 0.717) is 50.6 Å². The average molecular weight is 1000 g/mol. The Morgan fingerprint density at radius 3 is 2.33 bits per heavy atom. The van der Waals surface area contributed by atoms with Crippen LogP contribution in [0.25, 0.3) is 10.4 Å². The Morgan fingerprint density at radius 1 is 1.00 bits per heavy atom. The number of aryl methyl sites for hydroxylation is 2. The number of hydrogen-bond acceptors (Lipinski definition) is 12.